The number of anilines is 1. The van der Waals surface area contributed by atoms with E-state index in [4.69, 9.17) is 0 Å². The molecule has 0 fully saturated rings. The van der Waals surface area contributed by atoms with E-state index in [-0.39, 0.29) is 0 Å². The number of rotatable bonds is 5. The summed E-state index contributed by atoms with van der Waals surface area (Å²) in [5, 5.41) is 5.66. The topological polar surface area (TPSA) is 29.9 Å². The molecule has 0 aliphatic carbocycles. The van der Waals surface area contributed by atoms with Crippen LogP contribution in [0.25, 0.3) is 0 Å². The van der Waals surface area contributed by atoms with Gasteiger partial charge in [0.1, 0.15) is 0 Å². The molecule has 2 aromatic heterocycles. The largest absolute Gasteiger partial charge is 0.348 e. The molecular weight excluding hydrogens is 230 g/mol. The molecule has 92 valence electrons. The maximum atomic E-state index is 4.54. The molecule has 3 nitrogen and oxygen atoms in total. The second-order valence-electron chi connectivity index (χ2n) is 4.11. The number of imidazole rings is 1. The van der Waals surface area contributed by atoms with E-state index in [1.165, 1.54) is 4.88 Å². The zero-order valence-electron chi connectivity index (χ0n) is 10.6. The summed E-state index contributed by atoms with van der Waals surface area (Å²) in [5.41, 5.74) is 1.07. The van der Waals surface area contributed by atoms with E-state index in [9.17, 15) is 0 Å². The molecule has 0 amide bonds. The van der Waals surface area contributed by atoms with E-state index in [1.54, 1.807) is 11.3 Å². The van der Waals surface area contributed by atoms with Gasteiger partial charge in [-0.15, -0.1) is 11.3 Å². The third-order valence-corrected chi connectivity index (χ3v) is 3.82. The highest BCUT2D eigenvalue weighted by molar-refractivity contribution is 7.10. The maximum Gasteiger partial charge on any atom is 0.203 e. The smallest absolute Gasteiger partial charge is 0.203 e. The van der Waals surface area contributed by atoms with E-state index in [2.05, 4.69) is 52.4 Å². The number of hydrogen-bond acceptors (Lipinski definition) is 3. The predicted octanol–water partition coefficient (Wildman–Crippen LogP) is 3.84. The third-order valence-electron chi connectivity index (χ3n) is 2.84. The Morgan fingerprint density at radius 3 is 2.88 bits per heavy atom. The van der Waals surface area contributed by atoms with Crippen LogP contribution in [0.4, 0.5) is 5.95 Å². The quantitative estimate of drug-likeness (QED) is 0.872. The van der Waals surface area contributed by atoms with Crippen molar-refractivity contribution in [3.8, 4) is 0 Å². The van der Waals surface area contributed by atoms with Crippen molar-refractivity contribution in [2.75, 3.05) is 5.32 Å². The SMILES string of the molecule is CCC(Nc1nc(C)cn1CC)c1cccs1. The molecule has 0 aromatic carbocycles. The van der Waals surface area contributed by atoms with Crippen molar-refractivity contribution in [2.24, 2.45) is 0 Å². The summed E-state index contributed by atoms with van der Waals surface area (Å²) in [6.45, 7) is 7.31. The van der Waals surface area contributed by atoms with Crippen molar-refractivity contribution in [2.45, 2.75) is 39.8 Å². The normalized spacial score (nSPS) is 12.6. The number of nitrogens with zero attached hydrogens (tertiary/aromatic N) is 2. The van der Waals surface area contributed by atoms with E-state index in [0.717, 1.165) is 24.6 Å². The van der Waals surface area contributed by atoms with E-state index in [0.29, 0.717) is 6.04 Å². The van der Waals surface area contributed by atoms with Gasteiger partial charge >= 0.3 is 0 Å². The summed E-state index contributed by atoms with van der Waals surface area (Å²) in [7, 11) is 0. The Bertz CT molecular complexity index is 459. The van der Waals surface area contributed by atoms with Crippen LogP contribution in [0.15, 0.2) is 23.7 Å². The highest BCUT2D eigenvalue weighted by atomic mass is 32.1. The van der Waals surface area contributed by atoms with Gasteiger partial charge in [-0.1, -0.05) is 13.0 Å². The molecule has 1 unspecified atom stereocenters. The van der Waals surface area contributed by atoms with Crippen LogP contribution in [0.5, 0.6) is 0 Å². The Hall–Kier alpha value is -1.29. The van der Waals surface area contributed by atoms with Crippen molar-refractivity contribution in [1.82, 2.24) is 9.55 Å². The second kappa shape index (κ2) is 5.36. The van der Waals surface area contributed by atoms with Gasteiger partial charge in [-0.2, -0.15) is 0 Å². The Morgan fingerprint density at radius 2 is 2.29 bits per heavy atom. The zero-order valence-corrected chi connectivity index (χ0v) is 11.4. The van der Waals surface area contributed by atoms with Gasteiger partial charge in [0, 0.05) is 17.6 Å². The summed E-state index contributed by atoms with van der Waals surface area (Å²) < 4.78 is 2.16. The van der Waals surface area contributed by atoms with Crippen molar-refractivity contribution >= 4 is 17.3 Å². The lowest BCUT2D eigenvalue weighted by atomic mass is 10.2. The number of nitrogens with one attached hydrogen (secondary N) is 1. The van der Waals surface area contributed by atoms with Gasteiger partial charge in [0.05, 0.1) is 11.7 Å². The van der Waals surface area contributed by atoms with Gasteiger partial charge in [-0.25, -0.2) is 4.98 Å². The van der Waals surface area contributed by atoms with Crippen molar-refractivity contribution in [3.63, 3.8) is 0 Å². The van der Waals surface area contributed by atoms with Gasteiger partial charge in [-0.3, -0.25) is 0 Å². The molecule has 2 aromatic rings. The Labute approximate surface area is 107 Å². The molecule has 1 atom stereocenters. The minimum Gasteiger partial charge on any atom is -0.348 e. The maximum absolute atomic E-state index is 4.54. The van der Waals surface area contributed by atoms with Crippen LogP contribution < -0.4 is 5.32 Å². The first kappa shape index (κ1) is 12.2. The van der Waals surface area contributed by atoms with Gasteiger partial charge in [-0.05, 0) is 31.7 Å². The third kappa shape index (κ3) is 2.69. The molecule has 0 spiro atoms. The lowest BCUT2D eigenvalue weighted by Gasteiger charge is -2.16. The molecule has 2 heterocycles. The van der Waals surface area contributed by atoms with Crippen LogP contribution in [0.2, 0.25) is 0 Å². The van der Waals surface area contributed by atoms with Crippen LogP contribution in [0.1, 0.15) is 36.9 Å². The Kier molecular flexibility index (Phi) is 3.84. The fourth-order valence-electron chi connectivity index (χ4n) is 1.92. The van der Waals surface area contributed by atoms with Gasteiger partial charge in [0.25, 0.3) is 0 Å². The molecule has 0 radical (unpaired) electrons. The molecular formula is C13H19N3S. The fraction of sp³-hybridized carbons (Fsp3) is 0.462. The molecule has 0 aliphatic rings. The monoisotopic (exact) mass is 249 g/mol. The van der Waals surface area contributed by atoms with Crippen LogP contribution in [0.3, 0.4) is 0 Å². The van der Waals surface area contributed by atoms with Crippen LogP contribution in [-0.2, 0) is 6.54 Å². The first-order valence-corrected chi connectivity index (χ1v) is 6.96. The van der Waals surface area contributed by atoms with Crippen molar-refractivity contribution < 1.29 is 0 Å². The minimum atomic E-state index is 0.363. The van der Waals surface area contributed by atoms with Crippen molar-refractivity contribution in [3.05, 3.63) is 34.3 Å². The first-order chi connectivity index (χ1) is 8.24. The summed E-state index contributed by atoms with van der Waals surface area (Å²) in [4.78, 5) is 5.91. The molecule has 4 heteroatoms. The number of aromatic nitrogens is 2. The average Bonchev–Trinajstić information content (AvgIpc) is 2.94. The van der Waals surface area contributed by atoms with Crippen LogP contribution in [-0.4, -0.2) is 9.55 Å². The Morgan fingerprint density at radius 1 is 1.47 bits per heavy atom. The minimum absolute atomic E-state index is 0.363. The number of aryl methyl sites for hydroxylation is 2. The molecule has 0 saturated heterocycles. The average molecular weight is 249 g/mol. The lowest BCUT2D eigenvalue weighted by molar-refractivity contribution is 0.710. The standard InChI is InChI=1S/C13H19N3S/c1-4-11(12-7-6-8-17-12)15-13-14-10(3)9-16(13)5-2/h6-9,11H,4-5H2,1-3H3,(H,14,15). The zero-order chi connectivity index (χ0) is 12.3. The molecule has 0 aliphatic heterocycles. The molecule has 0 saturated carbocycles. The summed E-state index contributed by atoms with van der Waals surface area (Å²) >= 11 is 1.80. The van der Waals surface area contributed by atoms with Gasteiger partial charge in [0.15, 0.2) is 0 Å². The number of hydrogen-bond donors (Lipinski definition) is 1. The molecule has 2 rings (SSSR count). The van der Waals surface area contributed by atoms with E-state index >= 15 is 0 Å². The molecule has 1 N–H and O–H groups in total. The second-order valence-corrected chi connectivity index (χ2v) is 5.09. The predicted molar refractivity (Wildman–Crippen MR) is 73.6 cm³/mol. The van der Waals surface area contributed by atoms with E-state index in [1.807, 2.05) is 6.92 Å². The highest BCUT2D eigenvalue weighted by Crippen LogP contribution is 2.25. The first-order valence-electron chi connectivity index (χ1n) is 6.08. The highest BCUT2D eigenvalue weighted by Gasteiger charge is 2.13. The van der Waals surface area contributed by atoms with Crippen LogP contribution in [0, 0.1) is 6.92 Å². The van der Waals surface area contributed by atoms with Crippen molar-refractivity contribution in [1.29, 1.82) is 0 Å². The summed E-state index contributed by atoms with van der Waals surface area (Å²) in [6.07, 6.45) is 3.15. The Balaban J connectivity index is 2.18. The summed E-state index contributed by atoms with van der Waals surface area (Å²) in [5.74, 6) is 0.977. The van der Waals surface area contributed by atoms with E-state index < -0.39 is 0 Å². The van der Waals surface area contributed by atoms with Crippen LogP contribution >= 0.6 is 11.3 Å². The molecule has 0 bridgehead atoms. The summed E-state index contributed by atoms with van der Waals surface area (Å²) in [6, 6.07) is 4.64. The van der Waals surface area contributed by atoms with Gasteiger partial charge < -0.3 is 9.88 Å². The lowest BCUT2D eigenvalue weighted by Crippen LogP contribution is -2.12. The molecule has 17 heavy (non-hydrogen) atoms. The fourth-order valence-corrected chi connectivity index (χ4v) is 2.78. The van der Waals surface area contributed by atoms with Gasteiger partial charge in [0.2, 0.25) is 5.95 Å². The number of thiophene rings is 1.